The number of fused-ring (bicyclic) bond motifs is 1. The maximum Gasteiger partial charge on any atom is 0.223 e. The van der Waals surface area contributed by atoms with Crippen LogP contribution >= 0.6 is 0 Å². The molecule has 3 nitrogen and oxygen atoms in total. The number of nitrogens with zero attached hydrogens (tertiary/aromatic N) is 1. The van der Waals surface area contributed by atoms with Crippen LogP contribution in [-0.4, -0.2) is 29.5 Å². The van der Waals surface area contributed by atoms with Gasteiger partial charge in [0.25, 0.3) is 0 Å². The lowest BCUT2D eigenvalue weighted by Gasteiger charge is -2.22. The SMILES string of the molecule is CC(C)CC(=O)N1C[C@@H](Oc2ccc3ccccc3c2)C[C@H]1C. The molecular weight excluding hydrogens is 286 g/mol. The molecule has 0 aromatic heterocycles. The Morgan fingerprint density at radius 2 is 1.96 bits per heavy atom. The molecule has 3 rings (SSSR count). The minimum Gasteiger partial charge on any atom is -0.488 e. The molecule has 2 atom stereocenters. The third-order valence-corrected chi connectivity index (χ3v) is 4.46. The molecule has 0 aliphatic carbocycles. The zero-order valence-electron chi connectivity index (χ0n) is 14.2. The number of hydrogen-bond acceptors (Lipinski definition) is 2. The monoisotopic (exact) mass is 311 g/mol. The molecule has 0 radical (unpaired) electrons. The number of carbonyl (C=O) groups excluding carboxylic acids is 1. The molecule has 1 fully saturated rings. The van der Waals surface area contributed by atoms with E-state index in [9.17, 15) is 4.79 Å². The lowest BCUT2D eigenvalue weighted by molar-refractivity contribution is -0.132. The van der Waals surface area contributed by atoms with Crippen LogP contribution in [0.1, 0.15) is 33.6 Å². The Morgan fingerprint density at radius 1 is 1.22 bits per heavy atom. The first-order valence-corrected chi connectivity index (χ1v) is 8.48. The predicted octanol–water partition coefficient (Wildman–Crippen LogP) is 4.25. The van der Waals surface area contributed by atoms with Gasteiger partial charge in [-0.25, -0.2) is 0 Å². The molecule has 1 aliphatic rings. The van der Waals surface area contributed by atoms with Gasteiger partial charge in [-0.15, -0.1) is 0 Å². The predicted molar refractivity (Wildman–Crippen MR) is 93.6 cm³/mol. The fourth-order valence-electron chi connectivity index (χ4n) is 3.31. The van der Waals surface area contributed by atoms with E-state index in [4.69, 9.17) is 4.74 Å². The maximum atomic E-state index is 12.3. The Kier molecular flexibility index (Phi) is 4.56. The van der Waals surface area contributed by atoms with Crippen LogP contribution in [0.2, 0.25) is 0 Å². The van der Waals surface area contributed by atoms with E-state index in [1.165, 1.54) is 10.8 Å². The molecule has 0 spiro atoms. The highest BCUT2D eigenvalue weighted by molar-refractivity contribution is 5.83. The van der Waals surface area contributed by atoms with E-state index in [0.29, 0.717) is 18.9 Å². The molecule has 0 bridgehead atoms. The second-order valence-corrected chi connectivity index (χ2v) is 6.98. The molecule has 1 heterocycles. The van der Waals surface area contributed by atoms with E-state index in [0.717, 1.165) is 12.2 Å². The van der Waals surface area contributed by atoms with E-state index in [-0.39, 0.29) is 18.1 Å². The van der Waals surface area contributed by atoms with Gasteiger partial charge < -0.3 is 9.64 Å². The van der Waals surface area contributed by atoms with E-state index in [2.05, 4.69) is 45.0 Å². The first-order valence-electron chi connectivity index (χ1n) is 8.48. The number of rotatable bonds is 4. The Bertz CT molecular complexity index is 695. The summed E-state index contributed by atoms with van der Waals surface area (Å²) in [5, 5.41) is 2.40. The van der Waals surface area contributed by atoms with Gasteiger partial charge in [-0.1, -0.05) is 44.2 Å². The van der Waals surface area contributed by atoms with Crippen LogP contribution in [0.5, 0.6) is 5.75 Å². The van der Waals surface area contributed by atoms with Crippen molar-refractivity contribution < 1.29 is 9.53 Å². The molecule has 1 amide bonds. The minimum atomic E-state index is 0.0854. The third-order valence-electron chi connectivity index (χ3n) is 4.46. The van der Waals surface area contributed by atoms with E-state index in [1.54, 1.807) is 0 Å². The van der Waals surface area contributed by atoms with Gasteiger partial charge in [-0.2, -0.15) is 0 Å². The van der Waals surface area contributed by atoms with Crippen molar-refractivity contribution >= 4 is 16.7 Å². The summed E-state index contributed by atoms with van der Waals surface area (Å²) in [6.07, 6.45) is 1.60. The molecule has 2 aromatic carbocycles. The van der Waals surface area contributed by atoms with Crippen LogP contribution in [0.15, 0.2) is 42.5 Å². The third kappa shape index (κ3) is 3.66. The topological polar surface area (TPSA) is 29.5 Å². The standard InChI is InChI=1S/C20H25NO2/c1-14(2)10-20(22)21-13-19(11-15(21)3)23-18-9-8-16-6-4-5-7-17(16)12-18/h4-9,12,14-15,19H,10-11,13H2,1-3H3/t15-,19+/m1/s1. The van der Waals surface area contributed by atoms with Crippen LogP contribution < -0.4 is 4.74 Å². The molecule has 1 aliphatic heterocycles. The summed E-state index contributed by atoms with van der Waals surface area (Å²) in [7, 11) is 0. The molecule has 3 heteroatoms. The van der Waals surface area contributed by atoms with Crippen molar-refractivity contribution in [3.05, 3.63) is 42.5 Å². The molecular formula is C20H25NO2. The van der Waals surface area contributed by atoms with E-state index < -0.39 is 0 Å². The first kappa shape index (κ1) is 15.9. The maximum absolute atomic E-state index is 12.3. The quantitative estimate of drug-likeness (QED) is 0.844. The van der Waals surface area contributed by atoms with Crippen molar-refractivity contribution in [1.82, 2.24) is 4.90 Å². The van der Waals surface area contributed by atoms with Crippen LogP contribution in [0.25, 0.3) is 10.8 Å². The normalized spacial score (nSPS) is 21.1. The average Bonchev–Trinajstić information content (AvgIpc) is 2.87. The first-order chi connectivity index (χ1) is 11.0. The minimum absolute atomic E-state index is 0.0854. The fourth-order valence-corrected chi connectivity index (χ4v) is 3.31. The summed E-state index contributed by atoms with van der Waals surface area (Å²) in [4.78, 5) is 14.3. The second kappa shape index (κ2) is 6.61. The summed E-state index contributed by atoms with van der Waals surface area (Å²) < 4.78 is 6.15. The number of benzene rings is 2. The highest BCUT2D eigenvalue weighted by Crippen LogP contribution is 2.26. The number of ether oxygens (including phenoxy) is 1. The largest absolute Gasteiger partial charge is 0.488 e. The average molecular weight is 311 g/mol. The molecule has 0 N–H and O–H groups in total. The summed E-state index contributed by atoms with van der Waals surface area (Å²) >= 11 is 0. The van der Waals surface area contributed by atoms with Crippen molar-refractivity contribution in [2.75, 3.05) is 6.54 Å². The number of carbonyl (C=O) groups is 1. The van der Waals surface area contributed by atoms with Crippen molar-refractivity contribution in [3.8, 4) is 5.75 Å². The Labute approximate surface area is 138 Å². The van der Waals surface area contributed by atoms with Gasteiger partial charge in [0.1, 0.15) is 11.9 Å². The van der Waals surface area contributed by atoms with Gasteiger partial charge in [0, 0.05) is 18.9 Å². The fraction of sp³-hybridized carbons (Fsp3) is 0.450. The van der Waals surface area contributed by atoms with Gasteiger partial charge in [0.15, 0.2) is 0 Å². The Hall–Kier alpha value is -2.03. The molecule has 122 valence electrons. The number of amides is 1. The lowest BCUT2D eigenvalue weighted by Crippen LogP contribution is -2.35. The molecule has 23 heavy (non-hydrogen) atoms. The summed E-state index contributed by atoms with van der Waals surface area (Å²) in [5.74, 6) is 1.53. The van der Waals surface area contributed by atoms with Crippen molar-refractivity contribution in [1.29, 1.82) is 0 Å². The molecule has 0 unspecified atom stereocenters. The summed E-state index contributed by atoms with van der Waals surface area (Å²) in [6, 6.07) is 14.7. The van der Waals surface area contributed by atoms with Crippen molar-refractivity contribution in [3.63, 3.8) is 0 Å². The van der Waals surface area contributed by atoms with E-state index >= 15 is 0 Å². The van der Waals surface area contributed by atoms with Gasteiger partial charge >= 0.3 is 0 Å². The molecule has 2 aromatic rings. The van der Waals surface area contributed by atoms with Gasteiger partial charge in [0.05, 0.1) is 6.54 Å². The second-order valence-electron chi connectivity index (χ2n) is 6.98. The van der Waals surface area contributed by atoms with Gasteiger partial charge in [0.2, 0.25) is 5.91 Å². The smallest absolute Gasteiger partial charge is 0.223 e. The number of likely N-dealkylation sites (tertiary alicyclic amines) is 1. The lowest BCUT2D eigenvalue weighted by atomic mass is 10.1. The Morgan fingerprint density at radius 3 is 2.70 bits per heavy atom. The highest BCUT2D eigenvalue weighted by atomic mass is 16.5. The zero-order chi connectivity index (χ0) is 16.4. The van der Waals surface area contributed by atoms with Crippen LogP contribution in [0.3, 0.4) is 0 Å². The zero-order valence-corrected chi connectivity index (χ0v) is 14.2. The summed E-state index contributed by atoms with van der Waals surface area (Å²) in [5.41, 5.74) is 0. The Balaban J connectivity index is 1.67. The van der Waals surface area contributed by atoms with Gasteiger partial charge in [-0.3, -0.25) is 4.79 Å². The van der Waals surface area contributed by atoms with Crippen LogP contribution in [-0.2, 0) is 4.79 Å². The van der Waals surface area contributed by atoms with E-state index in [1.807, 2.05) is 23.1 Å². The molecule has 1 saturated heterocycles. The van der Waals surface area contributed by atoms with Crippen LogP contribution in [0, 0.1) is 5.92 Å². The van der Waals surface area contributed by atoms with Crippen molar-refractivity contribution in [2.24, 2.45) is 5.92 Å². The van der Waals surface area contributed by atoms with Crippen LogP contribution in [0.4, 0.5) is 0 Å². The highest BCUT2D eigenvalue weighted by Gasteiger charge is 2.33. The summed E-state index contributed by atoms with van der Waals surface area (Å²) in [6.45, 7) is 6.98. The molecule has 0 saturated carbocycles. The van der Waals surface area contributed by atoms with Crippen molar-refractivity contribution in [2.45, 2.75) is 45.8 Å². The van der Waals surface area contributed by atoms with Gasteiger partial charge in [-0.05, 0) is 35.7 Å². The number of hydrogen-bond donors (Lipinski definition) is 0.